The lowest BCUT2D eigenvalue weighted by Gasteiger charge is -2.32. The molecule has 0 spiro atoms. The molecule has 1 aliphatic rings. The van der Waals surface area contributed by atoms with Crippen molar-refractivity contribution >= 4 is 17.5 Å². The Kier molecular flexibility index (Phi) is 5.25. The second kappa shape index (κ2) is 6.81. The quantitative estimate of drug-likeness (QED) is 0.610. The molecule has 4 nitrogen and oxygen atoms in total. The van der Waals surface area contributed by atoms with Gasteiger partial charge >= 0.3 is 12.4 Å². The Morgan fingerprint density at radius 2 is 1.35 bits per heavy atom. The van der Waals surface area contributed by atoms with E-state index in [9.17, 15) is 35.9 Å². The monoisotopic (exact) mass is 382 g/mol. The lowest BCUT2D eigenvalue weighted by Crippen LogP contribution is -2.48. The molecule has 0 aromatic heterocycles. The number of primary amides is 1. The highest BCUT2D eigenvalue weighted by Crippen LogP contribution is 2.40. The van der Waals surface area contributed by atoms with Crippen LogP contribution in [0.2, 0.25) is 0 Å². The number of benzene rings is 1. The summed E-state index contributed by atoms with van der Waals surface area (Å²) >= 11 is 0. The number of hydrogen-bond donors (Lipinski definition) is 2. The van der Waals surface area contributed by atoms with Crippen molar-refractivity contribution in [2.75, 3.05) is 5.32 Å². The Morgan fingerprint density at radius 1 is 0.885 bits per heavy atom. The molecule has 1 aliphatic carbocycles. The van der Waals surface area contributed by atoms with Gasteiger partial charge in [-0.3, -0.25) is 9.59 Å². The van der Waals surface area contributed by atoms with Crippen LogP contribution in [0.15, 0.2) is 18.2 Å². The molecule has 2 rings (SSSR count). The number of carbonyl (C=O) groups is 2. The number of hydrogen-bond acceptors (Lipinski definition) is 2. The molecule has 1 aromatic carbocycles. The largest absolute Gasteiger partial charge is 0.416 e. The lowest BCUT2D eigenvalue weighted by atomic mass is 9.72. The van der Waals surface area contributed by atoms with Gasteiger partial charge in [0, 0.05) is 5.69 Å². The number of anilines is 1. The van der Waals surface area contributed by atoms with Gasteiger partial charge in [0.2, 0.25) is 11.8 Å². The van der Waals surface area contributed by atoms with Gasteiger partial charge in [-0.2, -0.15) is 26.3 Å². The summed E-state index contributed by atoms with van der Waals surface area (Å²) in [6.07, 6.45) is -8.11. The standard InChI is InChI=1S/C16H16F6N2O2/c17-15(18,19)9-6-10(16(20,21)22)8-11(7-9)24-13(26)14(12(23)25)4-2-1-3-5-14/h6-8H,1-5H2,(H2,23,25)(H,24,26). The van der Waals surface area contributed by atoms with Crippen molar-refractivity contribution in [1.29, 1.82) is 0 Å². The number of alkyl halides is 6. The van der Waals surface area contributed by atoms with Crippen molar-refractivity contribution in [3.8, 4) is 0 Å². The lowest BCUT2D eigenvalue weighted by molar-refractivity contribution is -0.144. The fraction of sp³-hybridized carbons (Fsp3) is 0.500. The fourth-order valence-corrected chi connectivity index (χ4v) is 3.02. The van der Waals surface area contributed by atoms with Crippen LogP contribution in [0.5, 0.6) is 0 Å². The van der Waals surface area contributed by atoms with Gasteiger partial charge in [0.15, 0.2) is 0 Å². The summed E-state index contributed by atoms with van der Waals surface area (Å²) in [5.41, 5.74) is -0.142. The minimum absolute atomic E-state index is 0.0415. The summed E-state index contributed by atoms with van der Waals surface area (Å²) in [6, 6.07) is 0.745. The number of rotatable bonds is 3. The molecule has 0 unspecified atom stereocenters. The van der Waals surface area contributed by atoms with Crippen molar-refractivity contribution in [1.82, 2.24) is 0 Å². The summed E-state index contributed by atoms with van der Waals surface area (Å²) in [4.78, 5) is 24.2. The first-order valence-electron chi connectivity index (χ1n) is 7.77. The highest BCUT2D eigenvalue weighted by Gasteiger charge is 2.45. The summed E-state index contributed by atoms with van der Waals surface area (Å²) < 4.78 is 77.3. The van der Waals surface area contributed by atoms with Crippen LogP contribution in [0.3, 0.4) is 0 Å². The summed E-state index contributed by atoms with van der Waals surface area (Å²) in [5.74, 6) is -1.94. The smallest absolute Gasteiger partial charge is 0.369 e. The van der Waals surface area contributed by atoms with Crippen LogP contribution in [0.1, 0.15) is 43.2 Å². The van der Waals surface area contributed by atoms with E-state index in [0.717, 1.165) is 6.42 Å². The van der Waals surface area contributed by atoms with E-state index in [-0.39, 0.29) is 18.9 Å². The van der Waals surface area contributed by atoms with Crippen LogP contribution in [0.4, 0.5) is 32.0 Å². The Hall–Kier alpha value is -2.26. The Morgan fingerprint density at radius 3 is 1.73 bits per heavy atom. The Labute approximate surface area is 144 Å². The molecule has 10 heteroatoms. The molecule has 26 heavy (non-hydrogen) atoms. The molecule has 0 heterocycles. The van der Waals surface area contributed by atoms with Crippen molar-refractivity contribution in [3.05, 3.63) is 29.3 Å². The molecular weight excluding hydrogens is 366 g/mol. The van der Waals surface area contributed by atoms with E-state index in [1.807, 2.05) is 5.32 Å². The third kappa shape index (κ3) is 4.10. The average Bonchev–Trinajstić information content (AvgIpc) is 2.53. The molecule has 1 saturated carbocycles. The van der Waals surface area contributed by atoms with Crippen molar-refractivity contribution in [3.63, 3.8) is 0 Å². The van der Waals surface area contributed by atoms with Gasteiger partial charge in [-0.25, -0.2) is 0 Å². The molecule has 1 fully saturated rings. The van der Waals surface area contributed by atoms with E-state index < -0.39 is 46.4 Å². The highest BCUT2D eigenvalue weighted by atomic mass is 19.4. The highest BCUT2D eigenvalue weighted by molar-refractivity contribution is 6.10. The predicted molar refractivity (Wildman–Crippen MR) is 79.8 cm³/mol. The first-order chi connectivity index (χ1) is 11.9. The number of nitrogens with two attached hydrogens (primary N) is 1. The van der Waals surface area contributed by atoms with Crippen LogP contribution >= 0.6 is 0 Å². The zero-order chi connectivity index (χ0) is 19.8. The van der Waals surface area contributed by atoms with E-state index in [4.69, 9.17) is 5.73 Å². The van der Waals surface area contributed by atoms with Gasteiger partial charge in [-0.1, -0.05) is 19.3 Å². The first-order valence-corrected chi connectivity index (χ1v) is 7.77. The van der Waals surface area contributed by atoms with Crippen LogP contribution in [-0.2, 0) is 21.9 Å². The van der Waals surface area contributed by atoms with E-state index in [1.54, 1.807) is 0 Å². The van der Waals surface area contributed by atoms with Gasteiger partial charge in [0.05, 0.1) is 11.1 Å². The molecule has 3 N–H and O–H groups in total. The maximum atomic E-state index is 12.9. The minimum Gasteiger partial charge on any atom is -0.369 e. The predicted octanol–water partition coefficient (Wildman–Crippen LogP) is 4.10. The summed E-state index contributed by atoms with van der Waals surface area (Å²) in [5, 5.41) is 2.02. The molecule has 0 aliphatic heterocycles. The normalized spacial score (nSPS) is 17.6. The van der Waals surface area contributed by atoms with Gasteiger partial charge in [0.25, 0.3) is 0 Å². The van der Waals surface area contributed by atoms with Gasteiger partial charge < -0.3 is 11.1 Å². The van der Waals surface area contributed by atoms with Crippen LogP contribution in [-0.4, -0.2) is 11.8 Å². The number of halogens is 6. The Bertz CT molecular complexity index is 673. The molecule has 0 bridgehead atoms. The fourth-order valence-electron chi connectivity index (χ4n) is 3.02. The van der Waals surface area contributed by atoms with E-state index in [1.165, 1.54) is 0 Å². The molecule has 144 valence electrons. The molecule has 0 saturated heterocycles. The second-order valence-electron chi connectivity index (χ2n) is 6.26. The average molecular weight is 382 g/mol. The topological polar surface area (TPSA) is 72.2 Å². The number of nitrogens with one attached hydrogen (secondary N) is 1. The maximum absolute atomic E-state index is 12.9. The van der Waals surface area contributed by atoms with E-state index in [0.29, 0.717) is 25.0 Å². The zero-order valence-electron chi connectivity index (χ0n) is 13.4. The molecular formula is C16H16F6N2O2. The number of carbonyl (C=O) groups excluding carboxylic acids is 2. The molecule has 2 amide bonds. The third-order valence-corrected chi connectivity index (χ3v) is 4.46. The second-order valence-corrected chi connectivity index (χ2v) is 6.26. The third-order valence-electron chi connectivity index (χ3n) is 4.46. The van der Waals surface area contributed by atoms with Crippen LogP contribution < -0.4 is 11.1 Å². The van der Waals surface area contributed by atoms with Gasteiger partial charge in [0.1, 0.15) is 5.41 Å². The SMILES string of the molecule is NC(=O)C1(C(=O)Nc2cc(C(F)(F)F)cc(C(F)(F)F)c2)CCCCC1. The van der Waals surface area contributed by atoms with E-state index >= 15 is 0 Å². The summed E-state index contributed by atoms with van der Waals surface area (Å²) in [6.45, 7) is 0. The summed E-state index contributed by atoms with van der Waals surface area (Å²) in [7, 11) is 0. The van der Waals surface area contributed by atoms with Crippen molar-refractivity contribution < 1.29 is 35.9 Å². The van der Waals surface area contributed by atoms with Crippen LogP contribution in [0, 0.1) is 5.41 Å². The van der Waals surface area contributed by atoms with Gasteiger partial charge in [-0.15, -0.1) is 0 Å². The zero-order valence-corrected chi connectivity index (χ0v) is 13.4. The van der Waals surface area contributed by atoms with Crippen LogP contribution in [0.25, 0.3) is 0 Å². The van der Waals surface area contributed by atoms with E-state index in [2.05, 4.69) is 0 Å². The molecule has 0 atom stereocenters. The molecule has 1 aromatic rings. The first kappa shape index (κ1) is 20.1. The minimum atomic E-state index is -5.03. The van der Waals surface area contributed by atoms with Gasteiger partial charge in [-0.05, 0) is 31.0 Å². The Balaban J connectivity index is 2.41. The van der Waals surface area contributed by atoms with Crippen molar-refractivity contribution in [2.45, 2.75) is 44.5 Å². The molecule has 0 radical (unpaired) electrons. The van der Waals surface area contributed by atoms with Crippen molar-refractivity contribution in [2.24, 2.45) is 11.1 Å². The number of amides is 2. The maximum Gasteiger partial charge on any atom is 0.416 e.